The van der Waals surface area contributed by atoms with Gasteiger partial charge in [0, 0.05) is 17.5 Å². The lowest BCUT2D eigenvalue weighted by atomic mass is 10.1. The first-order chi connectivity index (χ1) is 9.13. The number of halogens is 2. The lowest BCUT2D eigenvalue weighted by molar-refractivity contribution is 0.353. The first-order valence-corrected chi connectivity index (χ1v) is 6.18. The zero-order valence-corrected chi connectivity index (χ0v) is 10.1. The number of aromatic nitrogens is 2. The van der Waals surface area contributed by atoms with Gasteiger partial charge in [-0.2, -0.15) is 4.98 Å². The van der Waals surface area contributed by atoms with Gasteiger partial charge in [-0.1, -0.05) is 5.16 Å². The van der Waals surface area contributed by atoms with Crippen molar-refractivity contribution in [3.63, 3.8) is 0 Å². The second-order valence-corrected chi connectivity index (χ2v) is 4.86. The third-order valence-electron chi connectivity index (χ3n) is 3.44. The van der Waals surface area contributed by atoms with Crippen LogP contribution >= 0.6 is 0 Å². The highest BCUT2D eigenvalue weighted by atomic mass is 19.2. The predicted molar refractivity (Wildman–Crippen MR) is 64.2 cm³/mol. The molecule has 1 fully saturated rings. The fourth-order valence-corrected chi connectivity index (χ4v) is 2.39. The number of nitrogens with zero attached hydrogens (tertiary/aromatic N) is 2. The number of benzene rings is 1. The summed E-state index contributed by atoms with van der Waals surface area (Å²) in [6, 6.07) is 3.70. The number of hydrogen-bond acceptors (Lipinski definition) is 4. The smallest absolute Gasteiger partial charge is 0.230 e. The second-order valence-electron chi connectivity index (χ2n) is 4.86. The largest absolute Gasteiger partial charge is 0.339 e. The Morgan fingerprint density at radius 2 is 2.05 bits per heavy atom. The van der Waals surface area contributed by atoms with E-state index in [1.165, 1.54) is 6.07 Å². The predicted octanol–water partition coefficient (Wildman–Crippen LogP) is 2.61. The Hall–Kier alpha value is -1.82. The lowest BCUT2D eigenvalue weighted by Gasteiger charge is -2.01. The van der Waals surface area contributed by atoms with Crippen molar-refractivity contribution in [3.05, 3.63) is 35.7 Å². The van der Waals surface area contributed by atoms with Gasteiger partial charge < -0.3 is 10.3 Å². The summed E-state index contributed by atoms with van der Waals surface area (Å²) >= 11 is 0. The quantitative estimate of drug-likeness (QED) is 0.906. The van der Waals surface area contributed by atoms with E-state index in [9.17, 15) is 8.78 Å². The lowest BCUT2D eigenvalue weighted by Crippen LogP contribution is -2.14. The second kappa shape index (κ2) is 4.70. The molecule has 3 rings (SSSR count). The minimum atomic E-state index is -0.924. The molecule has 2 N–H and O–H groups in total. The third-order valence-corrected chi connectivity index (χ3v) is 3.44. The van der Waals surface area contributed by atoms with E-state index >= 15 is 0 Å². The molecule has 19 heavy (non-hydrogen) atoms. The molecular formula is C13H13F2N3O. The molecule has 1 aromatic carbocycles. The topological polar surface area (TPSA) is 64.9 Å². The average Bonchev–Trinajstić information content (AvgIpc) is 3.01. The molecule has 0 radical (unpaired) electrons. The summed E-state index contributed by atoms with van der Waals surface area (Å²) in [6.07, 6.45) is 2.67. The summed E-state index contributed by atoms with van der Waals surface area (Å²) in [5.74, 6) is -0.857. The summed E-state index contributed by atoms with van der Waals surface area (Å²) in [5.41, 5.74) is 6.24. The van der Waals surface area contributed by atoms with E-state index in [1.54, 1.807) is 0 Å². The molecule has 1 aliphatic carbocycles. The molecule has 1 aliphatic rings. The van der Waals surface area contributed by atoms with Crippen LogP contribution in [0.25, 0.3) is 11.4 Å². The standard InChI is InChI=1S/C13H13F2N3O/c14-10-4-2-7(6-11(10)15)12-17-13(19-18-12)8-1-3-9(16)5-8/h2,4,6,8-9H,1,3,5,16H2. The molecule has 4 nitrogen and oxygen atoms in total. The van der Waals surface area contributed by atoms with Crippen LogP contribution in [-0.2, 0) is 0 Å². The molecule has 0 aliphatic heterocycles. The van der Waals surface area contributed by atoms with Crippen LogP contribution in [-0.4, -0.2) is 16.2 Å². The summed E-state index contributed by atoms with van der Waals surface area (Å²) in [4.78, 5) is 4.25. The van der Waals surface area contributed by atoms with Gasteiger partial charge in [0.1, 0.15) is 0 Å². The van der Waals surface area contributed by atoms with E-state index < -0.39 is 11.6 Å². The van der Waals surface area contributed by atoms with Crippen molar-refractivity contribution in [2.45, 2.75) is 31.2 Å². The van der Waals surface area contributed by atoms with Crippen molar-refractivity contribution >= 4 is 0 Å². The fourth-order valence-electron chi connectivity index (χ4n) is 2.39. The SMILES string of the molecule is NC1CCC(c2nc(-c3ccc(F)c(F)c3)no2)C1. The van der Waals surface area contributed by atoms with E-state index in [0.717, 1.165) is 31.4 Å². The fraction of sp³-hybridized carbons (Fsp3) is 0.385. The van der Waals surface area contributed by atoms with Crippen molar-refractivity contribution in [3.8, 4) is 11.4 Å². The Labute approximate surface area is 108 Å². The van der Waals surface area contributed by atoms with Gasteiger partial charge in [-0.05, 0) is 37.5 Å². The molecule has 1 saturated carbocycles. The van der Waals surface area contributed by atoms with Gasteiger partial charge in [0.2, 0.25) is 11.7 Å². The van der Waals surface area contributed by atoms with Crippen LogP contribution in [0.15, 0.2) is 22.7 Å². The van der Waals surface area contributed by atoms with Crippen LogP contribution in [0.5, 0.6) is 0 Å². The molecule has 2 atom stereocenters. The Balaban J connectivity index is 1.86. The minimum absolute atomic E-state index is 0.168. The summed E-state index contributed by atoms with van der Waals surface area (Å²) in [6.45, 7) is 0. The average molecular weight is 265 g/mol. The molecule has 0 spiro atoms. The van der Waals surface area contributed by atoms with Crippen molar-refractivity contribution in [2.75, 3.05) is 0 Å². The zero-order valence-electron chi connectivity index (χ0n) is 10.1. The highest BCUT2D eigenvalue weighted by Crippen LogP contribution is 2.33. The third kappa shape index (κ3) is 2.35. The van der Waals surface area contributed by atoms with E-state index in [1.807, 2.05) is 0 Å². The van der Waals surface area contributed by atoms with Gasteiger partial charge in [-0.25, -0.2) is 8.78 Å². The molecule has 0 saturated heterocycles. The van der Waals surface area contributed by atoms with Crippen molar-refractivity contribution < 1.29 is 13.3 Å². The Morgan fingerprint density at radius 3 is 2.74 bits per heavy atom. The van der Waals surface area contributed by atoms with Crippen LogP contribution in [0.4, 0.5) is 8.78 Å². The molecular weight excluding hydrogens is 252 g/mol. The maximum Gasteiger partial charge on any atom is 0.230 e. The number of rotatable bonds is 2. The van der Waals surface area contributed by atoms with Crippen LogP contribution in [0.2, 0.25) is 0 Å². The molecule has 0 amide bonds. The Kier molecular flexibility index (Phi) is 3.02. The maximum atomic E-state index is 13.1. The monoisotopic (exact) mass is 265 g/mol. The maximum absolute atomic E-state index is 13.1. The van der Waals surface area contributed by atoms with Gasteiger partial charge in [-0.3, -0.25) is 0 Å². The van der Waals surface area contributed by atoms with Crippen LogP contribution < -0.4 is 5.73 Å². The van der Waals surface area contributed by atoms with Crippen LogP contribution in [0.3, 0.4) is 0 Å². The zero-order chi connectivity index (χ0) is 13.4. The normalized spacial score (nSPS) is 22.9. The van der Waals surface area contributed by atoms with Crippen molar-refractivity contribution in [1.82, 2.24) is 10.1 Å². The van der Waals surface area contributed by atoms with E-state index in [4.69, 9.17) is 10.3 Å². The Bertz CT molecular complexity index is 599. The van der Waals surface area contributed by atoms with Crippen LogP contribution in [0.1, 0.15) is 31.1 Å². The Morgan fingerprint density at radius 1 is 1.21 bits per heavy atom. The highest BCUT2D eigenvalue weighted by molar-refractivity contribution is 5.54. The van der Waals surface area contributed by atoms with Crippen molar-refractivity contribution in [1.29, 1.82) is 0 Å². The molecule has 0 bridgehead atoms. The first-order valence-electron chi connectivity index (χ1n) is 6.18. The van der Waals surface area contributed by atoms with Gasteiger partial charge in [0.25, 0.3) is 0 Å². The van der Waals surface area contributed by atoms with Crippen LogP contribution in [0, 0.1) is 11.6 Å². The minimum Gasteiger partial charge on any atom is -0.339 e. The summed E-state index contributed by atoms with van der Waals surface area (Å²) in [5, 5.41) is 3.81. The van der Waals surface area contributed by atoms with Gasteiger partial charge in [0.15, 0.2) is 11.6 Å². The molecule has 1 aromatic heterocycles. The molecule has 100 valence electrons. The first kappa shape index (κ1) is 12.2. The molecule has 2 aromatic rings. The highest BCUT2D eigenvalue weighted by Gasteiger charge is 2.28. The molecule has 6 heteroatoms. The number of nitrogens with two attached hydrogens (primary N) is 1. The van der Waals surface area contributed by atoms with E-state index in [2.05, 4.69) is 10.1 Å². The van der Waals surface area contributed by atoms with Gasteiger partial charge in [0.05, 0.1) is 0 Å². The van der Waals surface area contributed by atoms with Gasteiger partial charge >= 0.3 is 0 Å². The van der Waals surface area contributed by atoms with E-state index in [0.29, 0.717) is 11.5 Å². The van der Waals surface area contributed by atoms with Gasteiger partial charge in [-0.15, -0.1) is 0 Å². The molecule has 1 heterocycles. The number of hydrogen-bond donors (Lipinski definition) is 1. The molecule has 2 unspecified atom stereocenters. The summed E-state index contributed by atoms with van der Waals surface area (Å²) in [7, 11) is 0. The summed E-state index contributed by atoms with van der Waals surface area (Å²) < 4.78 is 31.2. The van der Waals surface area contributed by atoms with Crippen molar-refractivity contribution in [2.24, 2.45) is 5.73 Å². The van der Waals surface area contributed by atoms with E-state index in [-0.39, 0.29) is 17.8 Å².